The molecule has 0 N–H and O–H groups in total. The van der Waals surface area contributed by atoms with Crippen molar-refractivity contribution in [3.63, 3.8) is 0 Å². The van der Waals surface area contributed by atoms with E-state index in [4.69, 9.17) is 0 Å². The van der Waals surface area contributed by atoms with Crippen molar-refractivity contribution in [1.82, 2.24) is 14.6 Å². The van der Waals surface area contributed by atoms with Crippen LogP contribution in [-0.4, -0.2) is 14.6 Å². The van der Waals surface area contributed by atoms with Gasteiger partial charge >= 0.3 is 0 Å². The van der Waals surface area contributed by atoms with Crippen LogP contribution in [0.1, 0.15) is 22.5 Å². The molecule has 0 spiro atoms. The Morgan fingerprint density at radius 3 is 2.58 bits per heavy atom. The molecule has 0 saturated heterocycles. The number of fused-ring (bicyclic) bond motifs is 1. The molecule has 0 bridgehead atoms. The van der Waals surface area contributed by atoms with Crippen LogP contribution in [0.2, 0.25) is 0 Å². The van der Waals surface area contributed by atoms with Gasteiger partial charge in [-0.2, -0.15) is 5.10 Å². The second-order valence-corrected chi connectivity index (χ2v) is 4.55. The average molecular weight is 249 g/mol. The van der Waals surface area contributed by atoms with Gasteiger partial charge in [0.2, 0.25) is 0 Å². The lowest BCUT2D eigenvalue weighted by Crippen LogP contribution is -1.94. The molecule has 1 aromatic carbocycles. The van der Waals surface area contributed by atoms with E-state index in [1.54, 1.807) is 0 Å². The van der Waals surface area contributed by atoms with E-state index in [0.717, 1.165) is 22.6 Å². The van der Waals surface area contributed by atoms with Gasteiger partial charge in [-0.3, -0.25) is 0 Å². The highest BCUT2D eigenvalue weighted by Crippen LogP contribution is 2.16. The third-order valence-electron chi connectivity index (χ3n) is 3.26. The van der Waals surface area contributed by atoms with Crippen molar-refractivity contribution in [3.8, 4) is 0 Å². The van der Waals surface area contributed by atoms with Gasteiger partial charge in [-0.05, 0) is 25.5 Å². The Morgan fingerprint density at radius 1 is 1.00 bits per heavy atom. The van der Waals surface area contributed by atoms with E-state index < -0.39 is 0 Å². The first-order valence-electron chi connectivity index (χ1n) is 6.30. The molecule has 3 heteroatoms. The average Bonchev–Trinajstić information content (AvgIpc) is 2.74. The zero-order chi connectivity index (χ0) is 13.2. The third kappa shape index (κ3) is 2.15. The number of hydrogen-bond acceptors (Lipinski definition) is 2. The van der Waals surface area contributed by atoms with Crippen molar-refractivity contribution in [2.75, 3.05) is 0 Å². The molecule has 0 radical (unpaired) electrons. The van der Waals surface area contributed by atoms with Gasteiger partial charge in [0.1, 0.15) is 0 Å². The first-order valence-corrected chi connectivity index (χ1v) is 6.30. The Hall–Kier alpha value is -2.42. The molecule has 3 rings (SSSR count). The second-order valence-electron chi connectivity index (χ2n) is 4.55. The van der Waals surface area contributed by atoms with E-state index in [9.17, 15) is 0 Å². The minimum atomic E-state index is 0.907. The van der Waals surface area contributed by atoms with Gasteiger partial charge in [0, 0.05) is 11.8 Å². The Morgan fingerprint density at radius 2 is 1.79 bits per heavy atom. The summed E-state index contributed by atoms with van der Waals surface area (Å²) < 4.78 is 1.89. The fourth-order valence-electron chi connectivity index (χ4n) is 2.06. The van der Waals surface area contributed by atoms with Crippen LogP contribution in [0.4, 0.5) is 0 Å². The van der Waals surface area contributed by atoms with Crippen molar-refractivity contribution >= 4 is 17.8 Å². The lowest BCUT2D eigenvalue weighted by Gasteiger charge is -1.98. The van der Waals surface area contributed by atoms with Crippen LogP contribution in [0.3, 0.4) is 0 Å². The molecule has 0 unspecified atom stereocenters. The largest absolute Gasteiger partial charge is 0.231 e. The van der Waals surface area contributed by atoms with Crippen LogP contribution in [0, 0.1) is 13.8 Å². The maximum atomic E-state index is 4.57. The molecule has 0 aliphatic rings. The zero-order valence-corrected chi connectivity index (χ0v) is 11.0. The summed E-state index contributed by atoms with van der Waals surface area (Å²) >= 11 is 0. The van der Waals surface area contributed by atoms with Crippen molar-refractivity contribution < 1.29 is 0 Å². The van der Waals surface area contributed by atoms with Crippen LogP contribution in [0.15, 0.2) is 42.6 Å². The van der Waals surface area contributed by atoms with Gasteiger partial charge in [-0.25, -0.2) is 9.50 Å². The van der Waals surface area contributed by atoms with Crippen molar-refractivity contribution in [1.29, 1.82) is 0 Å². The van der Waals surface area contributed by atoms with Gasteiger partial charge in [0.25, 0.3) is 0 Å². The van der Waals surface area contributed by atoms with E-state index in [-0.39, 0.29) is 0 Å². The lowest BCUT2D eigenvalue weighted by molar-refractivity contribution is 0.894. The van der Waals surface area contributed by atoms with Crippen LogP contribution in [-0.2, 0) is 0 Å². The first-order chi connectivity index (χ1) is 9.25. The molecule has 0 atom stereocenters. The highest BCUT2D eigenvalue weighted by molar-refractivity contribution is 5.76. The molecule has 0 aliphatic carbocycles. The number of rotatable bonds is 2. The van der Waals surface area contributed by atoms with Crippen LogP contribution in [0.25, 0.3) is 17.8 Å². The maximum absolute atomic E-state index is 4.57. The normalized spacial score (nSPS) is 11.5. The topological polar surface area (TPSA) is 30.2 Å². The van der Waals surface area contributed by atoms with Gasteiger partial charge in [-0.15, -0.1) is 0 Å². The van der Waals surface area contributed by atoms with E-state index in [2.05, 4.69) is 34.4 Å². The molecular weight excluding hydrogens is 234 g/mol. The van der Waals surface area contributed by atoms with Crippen molar-refractivity contribution in [2.24, 2.45) is 0 Å². The summed E-state index contributed by atoms with van der Waals surface area (Å²) in [6, 6.07) is 12.2. The fraction of sp³-hybridized carbons (Fsp3) is 0.125. The van der Waals surface area contributed by atoms with Gasteiger partial charge in [0.05, 0.1) is 11.4 Å². The number of hydrogen-bond donors (Lipinski definition) is 0. The molecule has 0 fully saturated rings. The summed E-state index contributed by atoms with van der Waals surface area (Å²) in [5.74, 6) is 0. The predicted octanol–water partition coefficient (Wildman–Crippen LogP) is 3.52. The lowest BCUT2D eigenvalue weighted by atomic mass is 10.2. The molecule has 2 aromatic heterocycles. The zero-order valence-electron chi connectivity index (χ0n) is 11.0. The summed E-state index contributed by atoms with van der Waals surface area (Å²) in [5, 5.41) is 4.34. The minimum absolute atomic E-state index is 0.907. The van der Waals surface area contributed by atoms with Crippen molar-refractivity contribution in [2.45, 2.75) is 13.8 Å². The molecule has 3 aromatic rings. The first kappa shape index (κ1) is 11.7. The fourth-order valence-corrected chi connectivity index (χ4v) is 2.06. The molecular formula is C16H15N3. The summed E-state index contributed by atoms with van der Waals surface area (Å²) in [7, 11) is 0. The number of nitrogens with zero attached hydrogens (tertiary/aromatic N) is 3. The SMILES string of the molecule is Cc1nc2c(/C=C/c3ccccc3)ccnn2c1C. The predicted molar refractivity (Wildman–Crippen MR) is 77.8 cm³/mol. The summed E-state index contributed by atoms with van der Waals surface area (Å²) in [5.41, 5.74) is 5.27. The minimum Gasteiger partial charge on any atom is -0.231 e. The van der Waals surface area contributed by atoms with Crippen LogP contribution < -0.4 is 0 Å². The number of aromatic nitrogens is 3. The third-order valence-corrected chi connectivity index (χ3v) is 3.26. The summed E-state index contributed by atoms with van der Waals surface area (Å²) in [6.45, 7) is 4.04. The number of benzene rings is 1. The molecule has 0 amide bonds. The second kappa shape index (κ2) is 4.69. The molecule has 19 heavy (non-hydrogen) atoms. The van der Waals surface area contributed by atoms with E-state index in [1.807, 2.05) is 48.8 Å². The maximum Gasteiger partial charge on any atom is 0.161 e. The monoisotopic (exact) mass is 249 g/mol. The molecule has 94 valence electrons. The summed E-state index contributed by atoms with van der Waals surface area (Å²) in [6.07, 6.45) is 5.98. The quantitative estimate of drug-likeness (QED) is 0.695. The van der Waals surface area contributed by atoms with Crippen LogP contribution in [0.5, 0.6) is 0 Å². The standard InChI is InChI=1S/C16H15N3/c1-12-13(2)19-16(18-12)15(10-11-17-19)9-8-14-6-4-3-5-7-14/h3-11H,1-2H3/b9-8+. The van der Waals surface area contributed by atoms with Gasteiger partial charge in [-0.1, -0.05) is 42.5 Å². The molecule has 0 saturated carbocycles. The van der Waals surface area contributed by atoms with E-state index in [1.165, 1.54) is 5.56 Å². The molecule has 0 aliphatic heterocycles. The van der Waals surface area contributed by atoms with Crippen molar-refractivity contribution in [3.05, 3.63) is 65.1 Å². The van der Waals surface area contributed by atoms with Gasteiger partial charge < -0.3 is 0 Å². The van der Waals surface area contributed by atoms with E-state index >= 15 is 0 Å². The highest BCUT2D eigenvalue weighted by Gasteiger charge is 2.07. The smallest absolute Gasteiger partial charge is 0.161 e. The summed E-state index contributed by atoms with van der Waals surface area (Å²) in [4.78, 5) is 4.57. The highest BCUT2D eigenvalue weighted by atomic mass is 15.3. The Bertz CT molecular complexity index is 739. The number of imidazole rings is 1. The molecule has 2 heterocycles. The Labute approximate surface area is 112 Å². The number of aryl methyl sites for hydroxylation is 2. The van der Waals surface area contributed by atoms with E-state index in [0.29, 0.717) is 0 Å². The van der Waals surface area contributed by atoms with Gasteiger partial charge in [0.15, 0.2) is 5.65 Å². The Kier molecular flexibility index (Phi) is 2.88. The Balaban J connectivity index is 2.06. The molecule has 3 nitrogen and oxygen atoms in total. The van der Waals surface area contributed by atoms with Crippen LogP contribution >= 0.6 is 0 Å².